The van der Waals surface area contributed by atoms with Crippen molar-refractivity contribution in [2.24, 2.45) is 11.8 Å². The van der Waals surface area contributed by atoms with Crippen molar-refractivity contribution in [1.82, 2.24) is 4.90 Å². The summed E-state index contributed by atoms with van der Waals surface area (Å²) in [7, 11) is 0. The zero-order valence-corrected chi connectivity index (χ0v) is 9.10. The van der Waals surface area contributed by atoms with Gasteiger partial charge in [0.25, 0.3) is 0 Å². The number of aliphatic hydroxyl groups excluding tert-OH is 1. The van der Waals surface area contributed by atoms with E-state index in [1.54, 1.807) is 0 Å². The number of fused-ring (bicyclic) bond motifs is 2. The molecule has 14 heavy (non-hydrogen) atoms. The maximum absolute atomic E-state index is 11.8. The maximum Gasteiger partial charge on any atom is 0.144 e. The second-order valence-corrected chi connectivity index (χ2v) is 4.88. The first-order valence-electron chi connectivity index (χ1n) is 5.50. The third-order valence-corrected chi connectivity index (χ3v) is 3.92. The van der Waals surface area contributed by atoms with E-state index < -0.39 is 0 Å². The van der Waals surface area contributed by atoms with Crippen LogP contribution in [-0.2, 0) is 4.79 Å². The van der Waals surface area contributed by atoms with E-state index >= 15 is 0 Å². The van der Waals surface area contributed by atoms with Gasteiger partial charge in [-0.1, -0.05) is 0 Å². The van der Waals surface area contributed by atoms with Gasteiger partial charge >= 0.3 is 0 Å². The molecule has 3 heteroatoms. The highest BCUT2D eigenvalue weighted by molar-refractivity contribution is 5.88. The number of rotatable bonds is 2. The third kappa shape index (κ3) is 1.15. The van der Waals surface area contributed by atoms with Crippen LogP contribution in [0.3, 0.4) is 0 Å². The minimum atomic E-state index is -0.112. The number of ketones is 1. The summed E-state index contributed by atoms with van der Waals surface area (Å²) in [5, 5.41) is 9.20. The molecule has 80 valence electrons. The average molecular weight is 197 g/mol. The molecule has 0 aromatic heterocycles. The Bertz CT molecular complexity index is 248. The van der Waals surface area contributed by atoms with Gasteiger partial charge in [0.15, 0.2) is 0 Å². The van der Waals surface area contributed by atoms with Crippen molar-refractivity contribution in [3.63, 3.8) is 0 Å². The van der Waals surface area contributed by atoms with Crippen LogP contribution in [0.1, 0.15) is 27.2 Å². The van der Waals surface area contributed by atoms with Crippen LogP contribution < -0.4 is 0 Å². The van der Waals surface area contributed by atoms with Gasteiger partial charge in [-0.15, -0.1) is 0 Å². The minimum Gasteiger partial charge on any atom is -0.396 e. The molecule has 1 N–H and O–H groups in total. The topological polar surface area (TPSA) is 40.5 Å². The van der Waals surface area contributed by atoms with Gasteiger partial charge in [0.2, 0.25) is 0 Å². The molecule has 3 unspecified atom stereocenters. The number of aliphatic hydroxyl groups is 1. The minimum absolute atomic E-state index is 0.0237. The number of carbonyl (C=O) groups excluding carboxylic acids is 1. The van der Waals surface area contributed by atoms with Gasteiger partial charge in [-0.2, -0.15) is 0 Å². The van der Waals surface area contributed by atoms with Gasteiger partial charge in [-0.25, -0.2) is 0 Å². The first-order valence-corrected chi connectivity index (χ1v) is 5.50. The van der Waals surface area contributed by atoms with Crippen molar-refractivity contribution in [1.29, 1.82) is 0 Å². The molecule has 0 spiro atoms. The predicted octanol–water partition coefficient (Wildman–Crippen LogP) is 0.665. The number of hydrogen-bond acceptors (Lipinski definition) is 3. The molecule has 0 radical (unpaired) electrons. The monoisotopic (exact) mass is 197 g/mol. The van der Waals surface area contributed by atoms with Crippen LogP contribution >= 0.6 is 0 Å². The highest BCUT2D eigenvalue weighted by Crippen LogP contribution is 2.44. The normalized spacial score (nSPS) is 42.8. The lowest BCUT2D eigenvalue weighted by molar-refractivity contribution is -0.131. The number of carbonyl (C=O) groups is 1. The fourth-order valence-corrected chi connectivity index (χ4v) is 3.34. The van der Waals surface area contributed by atoms with Gasteiger partial charge in [0, 0.05) is 24.0 Å². The fraction of sp³-hybridized carbons (Fsp3) is 0.909. The Labute approximate surface area is 85.1 Å². The number of likely N-dealkylation sites (tertiary alicyclic amines) is 1. The van der Waals surface area contributed by atoms with E-state index in [-0.39, 0.29) is 18.4 Å². The van der Waals surface area contributed by atoms with Crippen LogP contribution in [0.15, 0.2) is 0 Å². The summed E-state index contributed by atoms with van der Waals surface area (Å²) in [6.45, 7) is 6.48. The summed E-state index contributed by atoms with van der Waals surface area (Å²) < 4.78 is 0. The highest BCUT2D eigenvalue weighted by Gasteiger charge is 2.55. The van der Waals surface area contributed by atoms with Crippen LogP contribution in [0.4, 0.5) is 0 Å². The molecular weight excluding hydrogens is 178 g/mol. The van der Waals surface area contributed by atoms with Crippen molar-refractivity contribution in [3.8, 4) is 0 Å². The molecule has 2 bridgehead atoms. The third-order valence-electron chi connectivity index (χ3n) is 3.92. The van der Waals surface area contributed by atoms with Crippen LogP contribution in [-0.4, -0.2) is 40.5 Å². The number of Topliss-reactive ketones (excluding diaryl/α,β-unsaturated/α-hetero) is 1. The highest BCUT2D eigenvalue weighted by atomic mass is 16.3. The summed E-state index contributed by atoms with van der Waals surface area (Å²) in [5.74, 6) is 0.361. The Morgan fingerprint density at radius 2 is 2.21 bits per heavy atom. The van der Waals surface area contributed by atoms with Gasteiger partial charge in [0.1, 0.15) is 5.78 Å². The standard InChI is InChI=1S/C11H19NO2/c1-6(2)12-7(3)8-4-10(12)9(5-13)11(8)14/h6-10,13H,4-5H2,1-3H3/t7-,8?,9?,10?/m1/s1. The number of nitrogens with zero attached hydrogens (tertiary/aromatic N) is 1. The van der Waals surface area contributed by atoms with E-state index in [1.165, 1.54) is 0 Å². The predicted molar refractivity (Wildman–Crippen MR) is 53.9 cm³/mol. The Hall–Kier alpha value is -0.410. The molecule has 4 atom stereocenters. The van der Waals surface area contributed by atoms with Gasteiger partial charge < -0.3 is 5.11 Å². The van der Waals surface area contributed by atoms with Crippen molar-refractivity contribution in [3.05, 3.63) is 0 Å². The zero-order chi connectivity index (χ0) is 10.5. The van der Waals surface area contributed by atoms with E-state index in [4.69, 9.17) is 0 Å². The van der Waals surface area contributed by atoms with E-state index in [9.17, 15) is 9.90 Å². The van der Waals surface area contributed by atoms with Crippen molar-refractivity contribution < 1.29 is 9.90 Å². The van der Waals surface area contributed by atoms with Gasteiger partial charge in [-0.3, -0.25) is 9.69 Å². The Morgan fingerprint density at radius 1 is 1.57 bits per heavy atom. The van der Waals surface area contributed by atoms with Crippen LogP contribution in [0.5, 0.6) is 0 Å². The summed E-state index contributed by atoms with van der Waals surface area (Å²) in [4.78, 5) is 14.2. The molecular formula is C11H19NO2. The molecule has 1 saturated heterocycles. The van der Waals surface area contributed by atoms with Gasteiger partial charge in [0.05, 0.1) is 12.5 Å². The lowest BCUT2D eigenvalue weighted by atomic mass is 9.91. The Morgan fingerprint density at radius 3 is 2.64 bits per heavy atom. The van der Waals surface area contributed by atoms with E-state index in [1.807, 2.05) is 0 Å². The summed E-state index contributed by atoms with van der Waals surface area (Å²) in [5.41, 5.74) is 0. The van der Waals surface area contributed by atoms with E-state index in [2.05, 4.69) is 25.7 Å². The van der Waals surface area contributed by atoms with Crippen LogP contribution in [0.2, 0.25) is 0 Å². The molecule has 1 aliphatic carbocycles. The zero-order valence-electron chi connectivity index (χ0n) is 9.10. The number of hydrogen-bond donors (Lipinski definition) is 1. The fourth-order valence-electron chi connectivity index (χ4n) is 3.34. The first-order chi connectivity index (χ1) is 6.57. The smallest absolute Gasteiger partial charge is 0.144 e. The summed E-state index contributed by atoms with van der Waals surface area (Å²) >= 11 is 0. The second-order valence-electron chi connectivity index (χ2n) is 4.88. The molecule has 2 rings (SSSR count). The molecule has 3 nitrogen and oxygen atoms in total. The lowest BCUT2D eigenvalue weighted by Crippen LogP contribution is -2.51. The average Bonchev–Trinajstić information content (AvgIpc) is 2.58. The van der Waals surface area contributed by atoms with Crippen molar-refractivity contribution >= 4 is 5.78 Å². The van der Waals surface area contributed by atoms with Crippen LogP contribution in [0.25, 0.3) is 0 Å². The van der Waals surface area contributed by atoms with Crippen molar-refractivity contribution in [2.45, 2.75) is 45.3 Å². The number of piperidine rings is 1. The molecule has 0 aromatic carbocycles. The molecule has 2 fully saturated rings. The Balaban J connectivity index is 2.23. The SMILES string of the molecule is CC(C)N1C2CC(C(=O)C2CO)[C@H]1C. The molecule has 0 amide bonds. The molecule has 1 heterocycles. The van der Waals surface area contributed by atoms with Crippen LogP contribution in [0, 0.1) is 11.8 Å². The maximum atomic E-state index is 11.8. The van der Waals surface area contributed by atoms with E-state index in [0.29, 0.717) is 23.9 Å². The second kappa shape index (κ2) is 3.31. The van der Waals surface area contributed by atoms with Gasteiger partial charge in [-0.05, 0) is 27.2 Å². The quantitative estimate of drug-likeness (QED) is 0.707. The lowest BCUT2D eigenvalue weighted by Gasteiger charge is -2.39. The summed E-state index contributed by atoms with van der Waals surface area (Å²) in [6.07, 6.45) is 0.962. The Kier molecular flexibility index (Phi) is 2.40. The van der Waals surface area contributed by atoms with E-state index in [0.717, 1.165) is 6.42 Å². The molecule has 0 aromatic rings. The molecule has 2 aliphatic rings. The summed E-state index contributed by atoms with van der Waals surface area (Å²) in [6, 6.07) is 1.14. The molecule has 1 aliphatic heterocycles. The first kappa shape index (κ1) is 10.1. The molecule has 1 saturated carbocycles. The largest absolute Gasteiger partial charge is 0.396 e. The van der Waals surface area contributed by atoms with Crippen molar-refractivity contribution in [2.75, 3.05) is 6.61 Å².